The van der Waals surface area contributed by atoms with Gasteiger partial charge in [0.15, 0.2) is 0 Å². The van der Waals surface area contributed by atoms with Crippen LogP contribution in [0.4, 0.5) is 11.4 Å². The van der Waals surface area contributed by atoms with E-state index in [2.05, 4.69) is 44.5 Å². The topological polar surface area (TPSA) is 37.6 Å². The van der Waals surface area contributed by atoms with Crippen molar-refractivity contribution in [2.75, 3.05) is 0 Å². The zero-order chi connectivity index (χ0) is 9.31. The molecular formula is C9H8IN3. The normalized spacial score (nSPS) is 25.4. The van der Waals surface area contributed by atoms with E-state index in [-0.39, 0.29) is 3.42 Å². The zero-order valence-corrected chi connectivity index (χ0v) is 9.26. The molecular weight excluding hydrogens is 277 g/mol. The molecule has 66 valence electrons. The first-order valence-electron chi connectivity index (χ1n) is 3.91. The maximum absolute atomic E-state index is 4.34. The summed E-state index contributed by atoms with van der Waals surface area (Å²) in [6.07, 6.45) is 7.22. The highest BCUT2D eigenvalue weighted by atomic mass is 127. The Labute approximate surface area is 90.2 Å². The molecule has 4 heteroatoms. The second-order valence-electron chi connectivity index (χ2n) is 3.03. The molecule has 1 atom stereocenters. The second-order valence-corrected chi connectivity index (χ2v) is 5.36. The van der Waals surface area contributed by atoms with Crippen LogP contribution in [-0.4, -0.2) is 20.8 Å². The van der Waals surface area contributed by atoms with Gasteiger partial charge in [-0.25, -0.2) is 0 Å². The minimum atomic E-state index is -0.100. The van der Waals surface area contributed by atoms with Gasteiger partial charge in [0, 0.05) is 18.6 Å². The van der Waals surface area contributed by atoms with Crippen molar-refractivity contribution in [3.8, 4) is 0 Å². The van der Waals surface area contributed by atoms with Crippen molar-refractivity contribution >= 4 is 46.4 Å². The largest absolute Gasteiger partial charge is 0.262 e. The summed E-state index contributed by atoms with van der Waals surface area (Å²) < 4.78 is -0.100. The van der Waals surface area contributed by atoms with Gasteiger partial charge in [0.05, 0.1) is 15.3 Å². The van der Waals surface area contributed by atoms with Crippen LogP contribution in [0, 0.1) is 0 Å². The summed E-state index contributed by atoms with van der Waals surface area (Å²) in [6.45, 7) is 2.06. The van der Waals surface area contributed by atoms with Gasteiger partial charge in [0.2, 0.25) is 0 Å². The second kappa shape index (κ2) is 3.17. The van der Waals surface area contributed by atoms with Gasteiger partial charge in [0.1, 0.15) is 5.69 Å². The lowest BCUT2D eigenvalue weighted by Gasteiger charge is -2.06. The van der Waals surface area contributed by atoms with Crippen molar-refractivity contribution < 1.29 is 0 Å². The van der Waals surface area contributed by atoms with Gasteiger partial charge < -0.3 is 0 Å². The predicted molar refractivity (Wildman–Crippen MR) is 63.0 cm³/mol. The summed E-state index contributed by atoms with van der Waals surface area (Å²) in [4.78, 5) is 12.7. The van der Waals surface area contributed by atoms with Gasteiger partial charge in [-0.15, -0.1) is 0 Å². The Balaban J connectivity index is 2.53. The van der Waals surface area contributed by atoms with Crippen LogP contribution in [0.15, 0.2) is 28.4 Å². The Morgan fingerprint density at radius 3 is 2.69 bits per heavy atom. The van der Waals surface area contributed by atoms with Gasteiger partial charge in [-0.3, -0.25) is 15.0 Å². The molecule has 1 unspecified atom stereocenters. The van der Waals surface area contributed by atoms with E-state index in [1.165, 1.54) is 0 Å². The smallest absolute Gasteiger partial charge is 0.107 e. The van der Waals surface area contributed by atoms with E-state index >= 15 is 0 Å². The summed E-state index contributed by atoms with van der Waals surface area (Å²) in [5.41, 5.74) is 1.71. The Hall–Kier alpha value is -0.780. The van der Waals surface area contributed by atoms with Crippen LogP contribution in [0.2, 0.25) is 0 Å². The van der Waals surface area contributed by atoms with Crippen LogP contribution in [0.25, 0.3) is 0 Å². The average Bonchev–Trinajstić information content (AvgIpc) is 2.27. The van der Waals surface area contributed by atoms with E-state index in [9.17, 15) is 0 Å². The first kappa shape index (κ1) is 8.80. The number of alkyl halides is 1. The van der Waals surface area contributed by atoms with Crippen LogP contribution >= 0.6 is 22.6 Å². The number of rotatable bonds is 0. The fraction of sp³-hybridized carbons (Fsp3) is 0.222. The molecule has 0 amide bonds. The van der Waals surface area contributed by atoms with E-state index in [0.717, 1.165) is 11.4 Å². The minimum absolute atomic E-state index is 0.100. The Bertz CT molecular complexity index is 347. The lowest BCUT2D eigenvalue weighted by molar-refractivity contribution is 1.24. The lowest BCUT2D eigenvalue weighted by atomic mass is 10.2. The Morgan fingerprint density at radius 2 is 1.92 bits per heavy atom. The highest BCUT2D eigenvalue weighted by Gasteiger charge is 2.16. The van der Waals surface area contributed by atoms with Crippen molar-refractivity contribution in [3.05, 3.63) is 18.5 Å². The first-order valence-corrected chi connectivity index (χ1v) is 4.99. The summed E-state index contributed by atoms with van der Waals surface area (Å²) >= 11 is 2.29. The maximum atomic E-state index is 4.34. The molecule has 13 heavy (non-hydrogen) atoms. The Morgan fingerprint density at radius 1 is 1.23 bits per heavy atom. The van der Waals surface area contributed by atoms with Gasteiger partial charge in [0.25, 0.3) is 0 Å². The first-order chi connectivity index (χ1) is 6.17. The average molecular weight is 285 g/mol. The number of aliphatic imine (C=N–C) groups is 2. The summed E-state index contributed by atoms with van der Waals surface area (Å²) in [7, 11) is 0. The van der Waals surface area contributed by atoms with Gasteiger partial charge >= 0.3 is 0 Å². The van der Waals surface area contributed by atoms with Crippen LogP contribution in [0.1, 0.15) is 6.92 Å². The SMILES string of the molecule is CC1(I)C=Nc2ccncc2N=C1. The number of halogens is 1. The van der Waals surface area contributed by atoms with Crippen molar-refractivity contribution in [2.45, 2.75) is 10.3 Å². The minimum Gasteiger partial charge on any atom is -0.262 e. The quantitative estimate of drug-likeness (QED) is 0.533. The number of nitrogens with zero attached hydrogens (tertiary/aromatic N) is 3. The van der Waals surface area contributed by atoms with Crippen LogP contribution in [0.5, 0.6) is 0 Å². The fourth-order valence-electron chi connectivity index (χ4n) is 1.01. The number of hydrogen-bond acceptors (Lipinski definition) is 3. The molecule has 0 bridgehead atoms. The standard InChI is InChI=1S/C9H8IN3/c1-9(10)5-12-7-2-3-11-4-8(7)13-6-9/h2-6H,1H3. The van der Waals surface area contributed by atoms with Gasteiger partial charge in [-0.2, -0.15) is 0 Å². The van der Waals surface area contributed by atoms with E-state index < -0.39 is 0 Å². The number of aromatic nitrogens is 1. The van der Waals surface area contributed by atoms with E-state index in [0.29, 0.717) is 0 Å². The van der Waals surface area contributed by atoms with Crippen LogP contribution in [-0.2, 0) is 0 Å². The summed E-state index contributed by atoms with van der Waals surface area (Å²) in [5.74, 6) is 0. The number of hydrogen-bond donors (Lipinski definition) is 0. The zero-order valence-electron chi connectivity index (χ0n) is 7.11. The lowest BCUT2D eigenvalue weighted by Crippen LogP contribution is -2.17. The van der Waals surface area contributed by atoms with Gasteiger partial charge in [-0.1, -0.05) is 22.6 Å². The predicted octanol–water partition coefficient (Wildman–Crippen LogP) is 2.69. The van der Waals surface area contributed by atoms with Crippen molar-refractivity contribution in [1.29, 1.82) is 0 Å². The van der Waals surface area contributed by atoms with E-state index in [1.807, 2.05) is 18.5 Å². The monoisotopic (exact) mass is 285 g/mol. The molecule has 0 spiro atoms. The molecule has 1 aromatic heterocycles. The van der Waals surface area contributed by atoms with Crippen molar-refractivity contribution in [2.24, 2.45) is 9.98 Å². The van der Waals surface area contributed by atoms with Crippen LogP contribution in [0.3, 0.4) is 0 Å². The van der Waals surface area contributed by atoms with Crippen molar-refractivity contribution in [1.82, 2.24) is 4.98 Å². The molecule has 2 heterocycles. The molecule has 0 saturated carbocycles. The third-order valence-electron chi connectivity index (χ3n) is 1.69. The maximum Gasteiger partial charge on any atom is 0.107 e. The van der Waals surface area contributed by atoms with E-state index in [4.69, 9.17) is 0 Å². The molecule has 1 aromatic rings. The van der Waals surface area contributed by atoms with Crippen molar-refractivity contribution in [3.63, 3.8) is 0 Å². The molecule has 1 aliphatic rings. The molecule has 0 aromatic carbocycles. The molecule has 0 N–H and O–H groups in total. The molecule has 0 aliphatic carbocycles. The van der Waals surface area contributed by atoms with Gasteiger partial charge in [-0.05, 0) is 13.0 Å². The Kier molecular flexibility index (Phi) is 2.15. The molecule has 0 saturated heterocycles. The summed E-state index contributed by atoms with van der Waals surface area (Å²) in [6, 6.07) is 1.86. The van der Waals surface area contributed by atoms with Crippen LogP contribution < -0.4 is 0 Å². The third-order valence-corrected chi connectivity index (χ3v) is 2.25. The number of fused-ring (bicyclic) bond motifs is 1. The molecule has 3 nitrogen and oxygen atoms in total. The molecule has 0 radical (unpaired) electrons. The highest BCUT2D eigenvalue weighted by Crippen LogP contribution is 2.30. The summed E-state index contributed by atoms with van der Waals surface area (Å²) in [5, 5.41) is 0. The molecule has 1 aliphatic heterocycles. The fourth-order valence-corrected chi connectivity index (χ4v) is 1.29. The highest BCUT2D eigenvalue weighted by molar-refractivity contribution is 14.1. The molecule has 0 fully saturated rings. The number of pyridine rings is 1. The third kappa shape index (κ3) is 1.93. The van der Waals surface area contributed by atoms with E-state index in [1.54, 1.807) is 12.4 Å². The molecule has 2 rings (SSSR count).